The van der Waals surface area contributed by atoms with E-state index < -0.39 is 0 Å². The lowest BCUT2D eigenvalue weighted by Crippen LogP contribution is -2.33. The van der Waals surface area contributed by atoms with Crippen molar-refractivity contribution in [2.75, 3.05) is 38.3 Å². The topological polar surface area (TPSA) is 44.7 Å². The predicted molar refractivity (Wildman–Crippen MR) is 77.4 cm³/mol. The molecule has 2 rings (SSSR count). The van der Waals surface area contributed by atoms with E-state index in [-0.39, 0.29) is 18.5 Å². The van der Waals surface area contributed by atoms with Gasteiger partial charge in [-0.15, -0.1) is 0 Å². The maximum absolute atomic E-state index is 14.1. The van der Waals surface area contributed by atoms with E-state index in [0.29, 0.717) is 25.3 Å². The number of benzene rings is 1. The first-order valence-corrected chi connectivity index (χ1v) is 7.12. The molecule has 0 amide bonds. The molecule has 4 nitrogen and oxygen atoms in total. The number of ether oxygens (including phenoxy) is 1. The van der Waals surface area contributed by atoms with Crippen LogP contribution >= 0.6 is 0 Å². The molecule has 0 aromatic heterocycles. The lowest BCUT2D eigenvalue weighted by molar-refractivity contribution is 0.199. The number of hydrogen-bond acceptors (Lipinski definition) is 4. The van der Waals surface area contributed by atoms with Crippen LogP contribution in [0.3, 0.4) is 0 Å². The molecule has 0 spiro atoms. The maximum atomic E-state index is 14.1. The van der Waals surface area contributed by atoms with Crippen LogP contribution in [0.15, 0.2) is 18.2 Å². The van der Waals surface area contributed by atoms with Crippen molar-refractivity contribution in [1.29, 1.82) is 0 Å². The molecule has 0 radical (unpaired) electrons. The van der Waals surface area contributed by atoms with Gasteiger partial charge in [0.15, 0.2) is 0 Å². The number of hydrogen-bond donors (Lipinski definition) is 2. The van der Waals surface area contributed by atoms with Crippen molar-refractivity contribution in [2.24, 2.45) is 0 Å². The van der Waals surface area contributed by atoms with Gasteiger partial charge in [0.2, 0.25) is 0 Å². The number of methoxy groups -OCH3 is 1. The normalized spacial score (nSPS) is 18.8. The first-order chi connectivity index (χ1) is 9.77. The third-order valence-electron chi connectivity index (χ3n) is 3.78. The van der Waals surface area contributed by atoms with E-state index in [1.807, 2.05) is 6.07 Å². The van der Waals surface area contributed by atoms with Gasteiger partial charge >= 0.3 is 0 Å². The molecule has 0 bridgehead atoms. The van der Waals surface area contributed by atoms with Gasteiger partial charge in [0.05, 0.1) is 19.3 Å². The van der Waals surface area contributed by atoms with E-state index >= 15 is 0 Å². The summed E-state index contributed by atoms with van der Waals surface area (Å²) < 4.78 is 19.1. The van der Waals surface area contributed by atoms with Gasteiger partial charge < -0.3 is 20.1 Å². The zero-order chi connectivity index (χ0) is 14.4. The monoisotopic (exact) mass is 282 g/mol. The van der Waals surface area contributed by atoms with Gasteiger partial charge in [0.25, 0.3) is 0 Å². The molecule has 20 heavy (non-hydrogen) atoms. The van der Waals surface area contributed by atoms with Crippen LogP contribution in [-0.4, -0.2) is 44.6 Å². The molecule has 1 saturated heterocycles. The number of rotatable bonds is 7. The van der Waals surface area contributed by atoms with E-state index in [0.717, 1.165) is 25.1 Å². The Morgan fingerprint density at radius 1 is 1.50 bits per heavy atom. The van der Waals surface area contributed by atoms with Crippen LogP contribution in [0.5, 0.6) is 0 Å². The molecular formula is C15H23FN2O2. The molecule has 112 valence electrons. The summed E-state index contributed by atoms with van der Waals surface area (Å²) in [6.07, 6.45) is 2.00. The van der Waals surface area contributed by atoms with Crippen LogP contribution in [0.1, 0.15) is 18.4 Å². The third-order valence-corrected chi connectivity index (χ3v) is 3.78. The highest BCUT2D eigenvalue weighted by atomic mass is 19.1. The fraction of sp³-hybridized carbons (Fsp3) is 0.600. The van der Waals surface area contributed by atoms with E-state index in [2.05, 4.69) is 10.2 Å². The summed E-state index contributed by atoms with van der Waals surface area (Å²) in [4.78, 5) is 2.12. The van der Waals surface area contributed by atoms with Gasteiger partial charge in [-0.05, 0) is 25.0 Å². The zero-order valence-electron chi connectivity index (χ0n) is 11.9. The van der Waals surface area contributed by atoms with Crippen molar-refractivity contribution in [3.63, 3.8) is 0 Å². The predicted octanol–water partition coefficient (Wildman–Crippen LogP) is 1.52. The minimum Gasteiger partial charge on any atom is -0.394 e. The summed E-state index contributed by atoms with van der Waals surface area (Å²) in [5.41, 5.74) is 1.57. The molecule has 1 aliphatic rings. The second-order valence-corrected chi connectivity index (χ2v) is 5.08. The lowest BCUT2D eigenvalue weighted by Gasteiger charge is -2.28. The maximum Gasteiger partial charge on any atom is 0.129 e. The molecular weight excluding hydrogens is 259 g/mol. The molecule has 1 fully saturated rings. The number of nitrogens with one attached hydrogen (secondary N) is 1. The Balaban J connectivity index is 2.13. The first-order valence-electron chi connectivity index (χ1n) is 7.12. The summed E-state index contributed by atoms with van der Waals surface area (Å²) in [5.74, 6) is -0.198. The van der Waals surface area contributed by atoms with E-state index in [9.17, 15) is 9.50 Å². The Bertz CT molecular complexity index is 428. The van der Waals surface area contributed by atoms with Gasteiger partial charge in [0.1, 0.15) is 5.82 Å². The summed E-state index contributed by atoms with van der Waals surface area (Å²) in [6, 6.07) is 5.26. The average Bonchev–Trinajstić information content (AvgIpc) is 2.93. The van der Waals surface area contributed by atoms with Crippen molar-refractivity contribution in [3.8, 4) is 0 Å². The Kier molecular flexibility index (Phi) is 5.76. The average molecular weight is 282 g/mol. The fourth-order valence-corrected chi connectivity index (χ4v) is 2.72. The summed E-state index contributed by atoms with van der Waals surface area (Å²) >= 11 is 0. The van der Waals surface area contributed by atoms with E-state index in [4.69, 9.17) is 4.74 Å². The van der Waals surface area contributed by atoms with Crippen molar-refractivity contribution >= 4 is 5.69 Å². The highest BCUT2D eigenvalue weighted by Crippen LogP contribution is 2.30. The summed E-state index contributed by atoms with van der Waals surface area (Å²) in [5, 5.41) is 12.6. The van der Waals surface area contributed by atoms with Gasteiger partial charge in [0, 0.05) is 38.0 Å². The van der Waals surface area contributed by atoms with Crippen LogP contribution in [-0.2, 0) is 11.3 Å². The third kappa shape index (κ3) is 3.48. The number of halogens is 1. The lowest BCUT2D eigenvalue weighted by atomic mass is 10.1. The molecule has 1 aromatic rings. The minimum absolute atomic E-state index is 0.106. The van der Waals surface area contributed by atoms with Crippen molar-refractivity contribution in [2.45, 2.75) is 25.4 Å². The molecule has 1 unspecified atom stereocenters. The van der Waals surface area contributed by atoms with Crippen LogP contribution in [0.2, 0.25) is 0 Å². The molecule has 0 aliphatic carbocycles. The number of aliphatic hydroxyl groups is 1. The standard InChI is InChI=1S/C15H23FN2O2/c1-20-9-7-17-10-13-14(16)5-2-6-15(13)18-8-3-4-12(18)11-19/h2,5-6,12,17,19H,3-4,7-11H2,1H3. The van der Waals surface area contributed by atoms with Crippen LogP contribution < -0.4 is 10.2 Å². The highest BCUT2D eigenvalue weighted by Gasteiger charge is 2.26. The molecule has 2 N–H and O–H groups in total. The van der Waals surface area contributed by atoms with Crippen molar-refractivity contribution in [1.82, 2.24) is 5.32 Å². The largest absolute Gasteiger partial charge is 0.394 e. The van der Waals surface area contributed by atoms with Gasteiger partial charge in [-0.2, -0.15) is 0 Å². The molecule has 5 heteroatoms. The van der Waals surface area contributed by atoms with Crippen molar-refractivity contribution < 1.29 is 14.2 Å². The Hall–Kier alpha value is -1.17. The Labute approximate surface area is 119 Å². The van der Waals surface area contributed by atoms with E-state index in [1.54, 1.807) is 13.2 Å². The number of aliphatic hydroxyl groups excluding tert-OH is 1. The molecule has 1 aliphatic heterocycles. The number of nitrogens with zero attached hydrogens (tertiary/aromatic N) is 1. The second-order valence-electron chi connectivity index (χ2n) is 5.08. The van der Waals surface area contributed by atoms with Crippen LogP contribution in [0.25, 0.3) is 0 Å². The summed E-state index contributed by atoms with van der Waals surface area (Å²) in [7, 11) is 1.65. The molecule has 1 aromatic carbocycles. The Morgan fingerprint density at radius 2 is 2.35 bits per heavy atom. The van der Waals surface area contributed by atoms with Crippen LogP contribution in [0.4, 0.5) is 10.1 Å². The van der Waals surface area contributed by atoms with Gasteiger partial charge in [-0.3, -0.25) is 0 Å². The SMILES string of the molecule is COCCNCc1c(F)cccc1N1CCCC1CO. The highest BCUT2D eigenvalue weighted by molar-refractivity contribution is 5.55. The summed E-state index contributed by atoms with van der Waals surface area (Å²) in [6.45, 7) is 2.76. The van der Waals surface area contributed by atoms with Gasteiger partial charge in [-0.25, -0.2) is 4.39 Å². The molecule has 1 heterocycles. The molecule has 1 atom stereocenters. The van der Waals surface area contributed by atoms with Crippen LogP contribution in [0, 0.1) is 5.82 Å². The first kappa shape index (κ1) is 15.2. The smallest absolute Gasteiger partial charge is 0.129 e. The Morgan fingerprint density at radius 3 is 3.10 bits per heavy atom. The van der Waals surface area contributed by atoms with Gasteiger partial charge in [-0.1, -0.05) is 6.07 Å². The fourth-order valence-electron chi connectivity index (χ4n) is 2.72. The quantitative estimate of drug-likeness (QED) is 0.744. The number of anilines is 1. The van der Waals surface area contributed by atoms with Crippen molar-refractivity contribution in [3.05, 3.63) is 29.6 Å². The van der Waals surface area contributed by atoms with E-state index in [1.165, 1.54) is 6.07 Å². The minimum atomic E-state index is -0.198. The second kappa shape index (κ2) is 7.57. The molecule has 0 saturated carbocycles. The zero-order valence-corrected chi connectivity index (χ0v) is 11.9.